The van der Waals surface area contributed by atoms with Crippen molar-refractivity contribution in [1.29, 1.82) is 0 Å². The van der Waals surface area contributed by atoms with E-state index in [9.17, 15) is 0 Å². The molecular formula is C22H16Cl2N4O. The molecule has 144 valence electrons. The molecule has 0 amide bonds. The lowest BCUT2D eigenvalue weighted by molar-refractivity contribution is 0.414. The molecule has 5 nitrogen and oxygen atoms in total. The highest BCUT2D eigenvalue weighted by atomic mass is 35.5. The molecule has 0 atom stereocenters. The Hall–Kier alpha value is -3.15. The largest absolute Gasteiger partial charge is 0.496 e. The van der Waals surface area contributed by atoms with Crippen LogP contribution in [0, 0.1) is 0 Å². The Labute approximate surface area is 178 Å². The van der Waals surface area contributed by atoms with Gasteiger partial charge in [0.2, 0.25) is 0 Å². The number of fused-ring (bicyclic) bond motifs is 1. The Morgan fingerprint density at radius 1 is 0.966 bits per heavy atom. The fourth-order valence-electron chi connectivity index (χ4n) is 2.89. The minimum absolute atomic E-state index is 0.483. The second-order valence-electron chi connectivity index (χ2n) is 6.15. The molecule has 1 aromatic heterocycles. The average Bonchev–Trinajstić information content (AvgIpc) is 2.74. The van der Waals surface area contributed by atoms with Gasteiger partial charge in [0.05, 0.1) is 23.9 Å². The van der Waals surface area contributed by atoms with Crippen LogP contribution in [0.4, 0.5) is 5.82 Å². The Balaban J connectivity index is 1.74. The van der Waals surface area contributed by atoms with Crippen molar-refractivity contribution in [2.24, 2.45) is 5.10 Å². The number of hydrazone groups is 1. The van der Waals surface area contributed by atoms with Gasteiger partial charge < -0.3 is 4.74 Å². The zero-order valence-electron chi connectivity index (χ0n) is 15.4. The molecule has 7 heteroatoms. The van der Waals surface area contributed by atoms with Crippen LogP contribution in [-0.2, 0) is 0 Å². The highest BCUT2D eigenvalue weighted by Gasteiger charge is 2.12. The van der Waals surface area contributed by atoms with E-state index < -0.39 is 0 Å². The van der Waals surface area contributed by atoms with Gasteiger partial charge >= 0.3 is 0 Å². The number of rotatable bonds is 5. The van der Waals surface area contributed by atoms with E-state index in [0.29, 0.717) is 27.3 Å². The third-order valence-electron chi connectivity index (χ3n) is 4.29. The first-order valence-corrected chi connectivity index (χ1v) is 9.55. The predicted octanol–water partition coefficient (Wildman–Crippen LogP) is 6.06. The van der Waals surface area contributed by atoms with Crippen molar-refractivity contribution in [2.45, 2.75) is 0 Å². The summed E-state index contributed by atoms with van der Waals surface area (Å²) in [6, 6.07) is 20.6. The number of hydrogen-bond donors (Lipinski definition) is 1. The van der Waals surface area contributed by atoms with E-state index in [1.165, 1.54) is 0 Å². The molecule has 1 heterocycles. The van der Waals surface area contributed by atoms with Crippen molar-refractivity contribution in [3.8, 4) is 17.1 Å². The molecule has 0 aliphatic heterocycles. The lowest BCUT2D eigenvalue weighted by Gasteiger charge is -2.09. The maximum atomic E-state index is 6.36. The summed E-state index contributed by atoms with van der Waals surface area (Å²) in [4.78, 5) is 9.28. The van der Waals surface area contributed by atoms with E-state index >= 15 is 0 Å². The number of halogens is 2. The quantitative estimate of drug-likeness (QED) is 0.313. The van der Waals surface area contributed by atoms with Crippen LogP contribution in [0.3, 0.4) is 0 Å². The number of aromatic nitrogens is 2. The van der Waals surface area contributed by atoms with Crippen LogP contribution in [0.2, 0.25) is 10.0 Å². The Morgan fingerprint density at radius 2 is 1.76 bits per heavy atom. The summed E-state index contributed by atoms with van der Waals surface area (Å²) in [6.07, 6.45) is 1.69. The van der Waals surface area contributed by atoms with E-state index in [-0.39, 0.29) is 0 Å². The Morgan fingerprint density at radius 3 is 2.59 bits per heavy atom. The molecule has 0 aliphatic rings. The van der Waals surface area contributed by atoms with Gasteiger partial charge in [0, 0.05) is 21.5 Å². The molecule has 0 aliphatic carbocycles. The highest BCUT2D eigenvalue weighted by molar-refractivity contribution is 6.36. The van der Waals surface area contributed by atoms with Gasteiger partial charge in [-0.15, -0.1) is 0 Å². The molecule has 0 spiro atoms. The average molecular weight is 423 g/mol. The third-order valence-corrected chi connectivity index (χ3v) is 4.84. The van der Waals surface area contributed by atoms with Gasteiger partial charge in [0.15, 0.2) is 11.6 Å². The number of nitrogens with one attached hydrogen (secondary N) is 1. The standard InChI is InChI=1S/C22H16Cl2N4O/c1-29-20-9-5-2-6-14(20)13-25-28-22-17-7-3-4-8-19(17)26-21(27-22)16-11-10-15(23)12-18(16)24/h2-13H,1H3,(H,26,27,28)/b25-13+. The molecule has 0 saturated carbocycles. The molecule has 4 rings (SSSR count). The smallest absolute Gasteiger partial charge is 0.163 e. The molecule has 0 saturated heterocycles. The van der Waals surface area contributed by atoms with Crippen LogP contribution in [0.1, 0.15) is 5.56 Å². The van der Waals surface area contributed by atoms with Gasteiger partial charge in [0.1, 0.15) is 5.75 Å². The highest BCUT2D eigenvalue weighted by Crippen LogP contribution is 2.31. The summed E-state index contributed by atoms with van der Waals surface area (Å²) in [5.41, 5.74) is 5.34. The fraction of sp³-hybridized carbons (Fsp3) is 0.0455. The molecule has 29 heavy (non-hydrogen) atoms. The summed E-state index contributed by atoms with van der Waals surface area (Å²) in [5.74, 6) is 1.79. The lowest BCUT2D eigenvalue weighted by atomic mass is 10.2. The van der Waals surface area contributed by atoms with Crippen molar-refractivity contribution in [3.05, 3.63) is 82.3 Å². The number of ether oxygens (including phenoxy) is 1. The van der Waals surface area contributed by atoms with Crippen molar-refractivity contribution < 1.29 is 4.74 Å². The molecule has 0 unspecified atom stereocenters. The van der Waals surface area contributed by atoms with Crippen LogP contribution in [0.15, 0.2) is 71.8 Å². The van der Waals surface area contributed by atoms with Gasteiger partial charge in [-0.25, -0.2) is 9.97 Å². The number of benzene rings is 3. The number of hydrogen-bond acceptors (Lipinski definition) is 5. The lowest BCUT2D eigenvalue weighted by Crippen LogP contribution is -2.00. The summed E-state index contributed by atoms with van der Waals surface area (Å²) in [5, 5.41) is 6.23. The van der Waals surface area contributed by atoms with Crippen molar-refractivity contribution in [1.82, 2.24) is 9.97 Å². The molecule has 4 aromatic rings. The van der Waals surface area contributed by atoms with Crippen molar-refractivity contribution in [3.63, 3.8) is 0 Å². The minimum Gasteiger partial charge on any atom is -0.496 e. The van der Waals surface area contributed by atoms with E-state index in [1.807, 2.05) is 48.5 Å². The van der Waals surface area contributed by atoms with E-state index in [0.717, 1.165) is 22.2 Å². The van der Waals surface area contributed by atoms with Crippen LogP contribution >= 0.6 is 23.2 Å². The third kappa shape index (κ3) is 4.16. The van der Waals surface area contributed by atoms with Gasteiger partial charge in [-0.2, -0.15) is 5.10 Å². The van der Waals surface area contributed by atoms with Crippen LogP contribution in [0.25, 0.3) is 22.3 Å². The first kappa shape index (κ1) is 19.2. The van der Waals surface area contributed by atoms with Gasteiger partial charge in [-0.3, -0.25) is 5.43 Å². The summed E-state index contributed by atoms with van der Waals surface area (Å²) >= 11 is 12.4. The molecule has 3 aromatic carbocycles. The zero-order chi connectivity index (χ0) is 20.2. The molecular weight excluding hydrogens is 407 g/mol. The first-order chi connectivity index (χ1) is 14.2. The molecule has 0 bridgehead atoms. The van der Waals surface area contributed by atoms with E-state index in [4.69, 9.17) is 27.9 Å². The van der Waals surface area contributed by atoms with Gasteiger partial charge in [0.25, 0.3) is 0 Å². The maximum absolute atomic E-state index is 6.36. The monoisotopic (exact) mass is 422 g/mol. The topological polar surface area (TPSA) is 59.4 Å². The van der Waals surface area contributed by atoms with Crippen LogP contribution in [0.5, 0.6) is 5.75 Å². The van der Waals surface area contributed by atoms with Gasteiger partial charge in [-0.05, 0) is 42.5 Å². The molecule has 0 radical (unpaired) electrons. The molecule has 1 N–H and O–H groups in total. The maximum Gasteiger partial charge on any atom is 0.163 e. The second kappa shape index (κ2) is 8.47. The number of anilines is 1. The predicted molar refractivity (Wildman–Crippen MR) is 119 cm³/mol. The zero-order valence-corrected chi connectivity index (χ0v) is 16.9. The minimum atomic E-state index is 0.483. The normalized spacial score (nSPS) is 11.1. The fourth-order valence-corrected chi connectivity index (χ4v) is 3.38. The van der Waals surface area contributed by atoms with E-state index in [2.05, 4.69) is 20.5 Å². The SMILES string of the molecule is COc1ccccc1/C=N/Nc1nc(-c2ccc(Cl)cc2Cl)nc2ccccc12. The summed E-state index contributed by atoms with van der Waals surface area (Å²) in [6.45, 7) is 0. The second-order valence-corrected chi connectivity index (χ2v) is 6.99. The number of nitrogens with zero attached hydrogens (tertiary/aromatic N) is 3. The van der Waals surface area contributed by atoms with Crippen LogP contribution < -0.4 is 10.2 Å². The van der Waals surface area contributed by atoms with Gasteiger partial charge in [-0.1, -0.05) is 47.5 Å². The van der Waals surface area contributed by atoms with Crippen molar-refractivity contribution >= 4 is 46.1 Å². The van der Waals surface area contributed by atoms with Crippen LogP contribution in [-0.4, -0.2) is 23.3 Å². The van der Waals surface area contributed by atoms with E-state index in [1.54, 1.807) is 31.5 Å². The van der Waals surface area contributed by atoms with Crippen molar-refractivity contribution in [2.75, 3.05) is 12.5 Å². The first-order valence-electron chi connectivity index (χ1n) is 8.80. The number of methoxy groups -OCH3 is 1. The number of para-hydroxylation sites is 2. The Bertz CT molecular complexity index is 1210. The summed E-state index contributed by atoms with van der Waals surface area (Å²) in [7, 11) is 1.63. The molecule has 0 fully saturated rings. The Kier molecular flexibility index (Phi) is 5.60. The summed E-state index contributed by atoms with van der Waals surface area (Å²) < 4.78 is 5.35.